The van der Waals surface area contributed by atoms with Gasteiger partial charge in [-0.15, -0.1) is 0 Å². The Morgan fingerprint density at radius 2 is 1.36 bits per heavy atom. The van der Waals surface area contributed by atoms with Crippen molar-refractivity contribution in [3.8, 4) is 0 Å². The molecule has 5 aromatic carbocycles. The summed E-state index contributed by atoms with van der Waals surface area (Å²) < 4.78 is 42.5. The second kappa shape index (κ2) is 14.7. The largest absolute Gasteiger partial charge is 0.352 e. The monoisotopic (exact) mass is 691 g/mol. The van der Waals surface area contributed by atoms with E-state index in [0.717, 1.165) is 5.56 Å². The number of sulfonamides is 1. The molecule has 1 aliphatic heterocycles. The normalized spacial score (nSPS) is 14.6. The summed E-state index contributed by atoms with van der Waals surface area (Å²) >= 11 is 0. The van der Waals surface area contributed by atoms with Gasteiger partial charge in [-0.1, -0.05) is 72.8 Å². The van der Waals surface area contributed by atoms with Gasteiger partial charge in [-0.2, -0.15) is 0 Å². The Bertz CT molecular complexity index is 2130. The molecule has 1 atom stereocenters. The average molecular weight is 692 g/mol. The molecule has 0 saturated carbocycles. The minimum Gasteiger partial charge on any atom is -0.352 e. The van der Waals surface area contributed by atoms with E-state index in [-0.39, 0.29) is 23.5 Å². The van der Waals surface area contributed by atoms with Gasteiger partial charge in [0.05, 0.1) is 22.8 Å². The van der Waals surface area contributed by atoms with E-state index < -0.39 is 45.9 Å². The number of benzene rings is 5. The van der Waals surface area contributed by atoms with Crippen LogP contribution in [0.2, 0.25) is 0 Å². The van der Waals surface area contributed by atoms with Crippen molar-refractivity contribution < 1.29 is 27.2 Å². The van der Waals surface area contributed by atoms with Crippen LogP contribution in [-0.4, -0.2) is 26.1 Å². The van der Waals surface area contributed by atoms with Gasteiger partial charge in [-0.3, -0.25) is 24.0 Å². The number of anilines is 4. The van der Waals surface area contributed by atoms with E-state index in [1.165, 1.54) is 28.0 Å². The first-order valence-electron chi connectivity index (χ1n) is 15.8. The molecule has 1 aliphatic rings. The summed E-state index contributed by atoms with van der Waals surface area (Å²) in [5.74, 6) is -3.70. The molecule has 1 heterocycles. The highest BCUT2D eigenvalue weighted by Crippen LogP contribution is 2.40. The molecular weight excluding hydrogens is 658 g/mol. The number of rotatable bonds is 11. The van der Waals surface area contributed by atoms with E-state index in [9.17, 15) is 27.2 Å². The summed E-state index contributed by atoms with van der Waals surface area (Å²) in [6.45, 7) is 0.200. The van der Waals surface area contributed by atoms with Crippen LogP contribution < -0.4 is 25.6 Å². The van der Waals surface area contributed by atoms with Crippen LogP contribution in [0.25, 0.3) is 0 Å². The van der Waals surface area contributed by atoms with E-state index in [4.69, 9.17) is 5.73 Å². The van der Waals surface area contributed by atoms with Crippen LogP contribution >= 0.6 is 0 Å². The average Bonchev–Trinajstić information content (AvgIpc) is 3.21. The number of carbonyl (C=O) groups is 3. The highest BCUT2D eigenvalue weighted by molar-refractivity contribution is 7.92. The summed E-state index contributed by atoms with van der Waals surface area (Å²) in [5, 5.41) is 2.65. The first-order valence-corrected chi connectivity index (χ1v) is 17.3. The van der Waals surface area contributed by atoms with E-state index >= 15 is 0 Å². The van der Waals surface area contributed by atoms with Gasteiger partial charge in [-0.25, -0.2) is 12.8 Å². The number of nitrogens with one attached hydrogen (secondary N) is 2. The first kappa shape index (κ1) is 34.0. The van der Waals surface area contributed by atoms with Gasteiger partial charge in [0.1, 0.15) is 11.7 Å². The SMILES string of the molecule is NCc1ccc(N2C(=O)C(CC(=O)NCc3ccccc3F)C(=O)N(Cc3ccc(NS(=O)(=O)c4ccccc4)cc3)c3ccccc32)cc1. The zero-order chi connectivity index (χ0) is 35.3. The standard InChI is InChI=1S/C38H34FN5O5S/c39-33-11-5-4-8-28(33)24-41-36(45)22-32-37(46)43(25-27-14-18-29(19-15-27)42-50(48,49)31-9-2-1-3-10-31)34-12-6-7-13-35(34)44(38(32)47)30-20-16-26(23-40)17-21-30/h1-21,32,42H,22-25,40H2,(H,41,45). The van der Waals surface area contributed by atoms with Crippen molar-refractivity contribution in [3.05, 3.63) is 150 Å². The lowest BCUT2D eigenvalue weighted by atomic mass is 10.0. The highest BCUT2D eigenvalue weighted by Gasteiger charge is 2.42. The zero-order valence-electron chi connectivity index (χ0n) is 26.8. The Morgan fingerprint density at radius 1 is 0.740 bits per heavy atom. The number of amides is 3. The van der Waals surface area contributed by atoms with Crippen LogP contribution in [0.4, 0.5) is 27.1 Å². The van der Waals surface area contributed by atoms with Crippen LogP contribution in [0.1, 0.15) is 23.1 Å². The number of nitrogens with zero attached hydrogens (tertiary/aromatic N) is 2. The van der Waals surface area contributed by atoms with Gasteiger partial charge in [-0.05, 0) is 65.7 Å². The molecule has 50 heavy (non-hydrogen) atoms. The maximum Gasteiger partial charge on any atom is 0.261 e. The van der Waals surface area contributed by atoms with Crippen molar-refractivity contribution in [2.75, 3.05) is 14.5 Å². The van der Waals surface area contributed by atoms with Gasteiger partial charge in [0.25, 0.3) is 10.0 Å². The number of nitrogens with two attached hydrogens (primary N) is 1. The summed E-state index contributed by atoms with van der Waals surface area (Å²) in [5.41, 5.74) is 9.26. The quantitative estimate of drug-likeness (QED) is 0.154. The molecule has 0 fully saturated rings. The maximum absolute atomic E-state index is 14.4. The second-order valence-corrected chi connectivity index (χ2v) is 13.4. The summed E-state index contributed by atoms with van der Waals surface area (Å²) in [4.78, 5) is 45.1. The molecule has 6 rings (SSSR count). The lowest BCUT2D eigenvalue weighted by Gasteiger charge is -2.26. The number of carbonyl (C=O) groups excluding carboxylic acids is 3. The Morgan fingerprint density at radius 3 is 2.04 bits per heavy atom. The third-order valence-corrected chi connectivity index (χ3v) is 9.75. The Kier molecular flexibility index (Phi) is 10.0. The molecule has 0 saturated heterocycles. The smallest absolute Gasteiger partial charge is 0.261 e. The topological polar surface area (TPSA) is 142 Å². The van der Waals surface area contributed by atoms with Crippen molar-refractivity contribution in [2.45, 2.75) is 31.0 Å². The number of hydrogen-bond donors (Lipinski definition) is 3. The number of para-hydroxylation sites is 2. The van der Waals surface area contributed by atoms with Crippen molar-refractivity contribution in [1.29, 1.82) is 0 Å². The number of fused-ring (bicyclic) bond motifs is 1. The molecule has 0 aromatic heterocycles. The molecule has 0 radical (unpaired) electrons. The fraction of sp³-hybridized carbons (Fsp3) is 0.132. The predicted octanol–water partition coefficient (Wildman–Crippen LogP) is 5.62. The van der Waals surface area contributed by atoms with E-state index in [2.05, 4.69) is 10.0 Å². The van der Waals surface area contributed by atoms with Crippen molar-refractivity contribution in [1.82, 2.24) is 5.32 Å². The second-order valence-electron chi connectivity index (χ2n) is 11.7. The minimum atomic E-state index is -3.82. The summed E-state index contributed by atoms with van der Waals surface area (Å²) in [6, 6.07) is 34.6. The van der Waals surface area contributed by atoms with E-state index in [1.807, 2.05) is 0 Å². The summed E-state index contributed by atoms with van der Waals surface area (Å²) in [7, 11) is -3.82. The van der Waals surface area contributed by atoms with Crippen molar-refractivity contribution in [3.63, 3.8) is 0 Å². The molecule has 1 unspecified atom stereocenters. The zero-order valence-corrected chi connectivity index (χ0v) is 27.6. The number of halogens is 1. The first-order chi connectivity index (χ1) is 24.1. The van der Waals surface area contributed by atoms with Crippen LogP contribution in [0.5, 0.6) is 0 Å². The van der Waals surface area contributed by atoms with Crippen LogP contribution in [-0.2, 0) is 44.0 Å². The molecule has 10 nitrogen and oxygen atoms in total. The molecule has 4 N–H and O–H groups in total. The third-order valence-electron chi connectivity index (χ3n) is 8.35. The van der Waals surface area contributed by atoms with E-state index in [1.54, 1.807) is 109 Å². The van der Waals surface area contributed by atoms with E-state index in [0.29, 0.717) is 34.9 Å². The third kappa shape index (κ3) is 7.41. The molecule has 254 valence electrons. The molecule has 5 aromatic rings. The Hall–Kier alpha value is -5.85. The van der Waals surface area contributed by atoms with Gasteiger partial charge >= 0.3 is 0 Å². The van der Waals surface area contributed by atoms with Gasteiger partial charge in [0.15, 0.2) is 0 Å². The Labute approximate surface area is 289 Å². The van der Waals surface area contributed by atoms with Crippen molar-refractivity contribution >= 4 is 50.5 Å². The molecule has 0 spiro atoms. The van der Waals surface area contributed by atoms with Crippen LogP contribution in [0.15, 0.2) is 132 Å². The van der Waals surface area contributed by atoms with Gasteiger partial charge in [0.2, 0.25) is 17.7 Å². The molecule has 12 heteroatoms. The Balaban J connectivity index is 1.32. The fourth-order valence-electron chi connectivity index (χ4n) is 5.72. The highest BCUT2D eigenvalue weighted by atomic mass is 32.2. The van der Waals surface area contributed by atoms with Crippen LogP contribution in [0.3, 0.4) is 0 Å². The lowest BCUT2D eigenvalue weighted by Crippen LogP contribution is -2.43. The van der Waals surface area contributed by atoms with Gasteiger partial charge < -0.3 is 16.0 Å². The van der Waals surface area contributed by atoms with Gasteiger partial charge in [0, 0.05) is 36.4 Å². The van der Waals surface area contributed by atoms with Crippen molar-refractivity contribution in [2.24, 2.45) is 11.7 Å². The summed E-state index contributed by atoms with van der Waals surface area (Å²) in [6.07, 6.45) is -0.478. The predicted molar refractivity (Wildman–Crippen MR) is 189 cm³/mol. The molecule has 0 bridgehead atoms. The fourth-order valence-corrected chi connectivity index (χ4v) is 6.80. The lowest BCUT2D eigenvalue weighted by molar-refractivity contribution is -0.136. The maximum atomic E-state index is 14.4. The molecule has 3 amide bonds. The molecular formula is C38H34FN5O5S. The minimum absolute atomic E-state index is 0.0160. The van der Waals surface area contributed by atoms with Crippen LogP contribution in [0, 0.1) is 11.7 Å². The molecule has 0 aliphatic carbocycles. The number of hydrogen-bond acceptors (Lipinski definition) is 6.